The highest BCUT2D eigenvalue weighted by molar-refractivity contribution is 5.35. The first-order chi connectivity index (χ1) is 14.8. The molecule has 31 heavy (non-hydrogen) atoms. The molecule has 0 heterocycles. The number of rotatable bonds is 9. The van der Waals surface area contributed by atoms with Crippen LogP contribution in [0.4, 0.5) is 17.6 Å². The molecule has 2 aliphatic carbocycles. The van der Waals surface area contributed by atoms with E-state index < -0.39 is 17.6 Å². The first kappa shape index (κ1) is 24.2. The van der Waals surface area contributed by atoms with E-state index in [-0.39, 0.29) is 23.8 Å². The molecule has 2 aliphatic rings. The molecule has 3 rings (SSSR count). The molecule has 2 saturated carbocycles. The van der Waals surface area contributed by atoms with Gasteiger partial charge in [0.2, 0.25) is 17.6 Å². The Bertz CT molecular complexity index is 687. The Morgan fingerprint density at radius 1 is 0.806 bits per heavy atom. The van der Waals surface area contributed by atoms with E-state index >= 15 is 0 Å². The van der Waals surface area contributed by atoms with Crippen molar-refractivity contribution in [2.75, 3.05) is 13.2 Å². The smallest absolute Gasteiger partial charge is 0.245 e. The predicted octanol–water partition coefficient (Wildman–Crippen LogP) is 7.79. The number of alkyl halides is 2. The fraction of sp³-hybridized carbons (Fsp3) is 0.760. The molecular formula is C25H36F4O2. The largest absolute Gasteiger partial charge is 0.490 e. The van der Waals surface area contributed by atoms with Gasteiger partial charge in [0.25, 0.3) is 0 Å². The summed E-state index contributed by atoms with van der Waals surface area (Å²) in [6.45, 7) is 3.65. The van der Waals surface area contributed by atoms with E-state index in [2.05, 4.69) is 0 Å². The summed E-state index contributed by atoms with van der Waals surface area (Å²) in [6, 6.07) is 2.86. The summed E-state index contributed by atoms with van der Waals surface area (Å²) in [7, 11) is 0. The van der Waals surface area contributed by atoms with Gasteiger partial charge in [-0.2, -0.15) is 8.78 Å². The molecule has 2 fully saturated rings. The third-order valence-corrected chi connectivity index (χ3v) is 7.04. The maximum atomic E-state index is 14.3. The summed E-state index contributed by atoms with van der Waals surface area (Å²) in [5.74, 6) is -2.88. The molecule has 0 unspecified atom stereocenters. The Balaban J connectivity index is 1.40. The van der Waals surface area contributed by atoms with Crippen molar-refractivity contribution in [1.29, 1.82) is 0 Å². The van der Waals surface area contributed by atoms with Gasteiger partial charge in [0.1, 0.15) is 0 Å². The lowest BCUT2D eigenvalue weighted by molar-refractivity contribution is -0.0133. The van der Waals surface area contributed by atoms with E-state index in [0.29, 0.717) is 31.0 Å². The average Bonchev–Trinajstić information content (AvgIpc) is 2.74. The van der Waals surface area contributed by atoms with E-state index in [0.717, 1.165) is 64.7 Å². The minimum Gasteiger partial charge on any atom is -0.490 e. The van der Waals surface area contributed by atoms with Gasteiger partial charge in [-0.15, -0.1) is 0 Å². The van der Waals surface area contributed by atoms with Crippen LogP contribution >= 0.6 is 0 Å². The summed E-state index contributed by atoms with van der Waals surface area (Å²) in [6.07, 6.45) is 8.93. The Labute approximate surface area is 183 Å². The molecule has 0 saturated heterocycles. The predicted molar refractivity (Wildman–Crippen MR) is 114 cm³/mol. The lowest BCUT2D eigenvalue weighted by Gasteiger charge is -2.38. The third-order valence-electron chi connectivity index (χ3n) is 7.04. The number of benzene rings is 1. The Kier molecular flexibility index (Phi) is 8.51. The second-order valence-electron chi connectivity index (χ2n) is 9.69. The zero-order chi connectivity index (χ0) is 22.4. The zero-order valence-corrected chi connectivity index (χ0v) is 18.8. The maximum absolute atomic E-state index is 14.3. The Morgan fingerprint density at radius 2 is 1.29 bits per heavy atom. The lowest BCUT2D eigenvalue weighted by atomic mass is 9.68. The molecule has 0 bridgehead atoms. The minimum absolute atomic E-state index is 0.0205. The van der Waals surface area contributed by atoms with Gasteiger partial charge >= 0.3 is 0 Å². The molecule has 1 aromatic rings. The fourth-order valence-electron chi connectivity index (χ4n) is 5.35. The summed E-state index contributed by atoms with van der Waals surface area (Å²) in [5, 5.41) is 0. The lowest BCUT2D eigenvalue weighted by Crippen LogP contribution is -2.29. The summed E-state index contributed by atoms with van der Waals surface area (Å²) in [4.78, 5) is 0. The average molecular weight is 445 g/mol. The van der Waals surface area contributed by atoms with Crippen molar-refractivity contribution in [1.82, 2.24) is 0 Å². The summed E-state index contributed by atoms with van der Waals surface area (Å²) >= 11 is 0. The topological polar surface area (TPSA) is 18.5 Å². The van der Waals surface area contributed by atoms with Crippen LogP contribution in [-0.4, -0.2) is 19.1 Å². The second-order valence-corrected chi connectivity index (χ2v) is 9.69. The third kappa shape index (κ3) is 7.01. The molecule has 0 radical (unpaired) electrons. The Morgan fingerprint density at radius 3 is 1.77 bits per heavy atom. The highest BCUT2D eigenvalue weighted by atomic mass is 19.3. The van der Waals surface area contributed by atoms with E-state index in [1.165, 1.54) is 12.1 Å². The standard InChI is InChI=1S/C25H36F4O2/c1-3-14-30-21-12-13-22(24(27)23(21)26)31-16-18-6-10-20(11-7-18)19-8-4-17(5-9-19)15-25(2,28)29/h12-13,17-20H,3-11,14-16H2,1-2H3. The van der Waals surface area contributed by atoms with Crippen LogP contribution in [0.2, 0.25) is 0 Å². The van der Waals surface area contributed by atoms with Crippen LogP contribution in [0, 0.1) is 35.3 Å². The number of hydrogen-bond donors (Lipinski definition) is 0. The molecule has 6 heteroatoms. The van der Waals surface area contributed by atoms with Gasteiger partial charge in [-0.05, 0) is 101 Å². The zero-order valence-electron chi connectivity index (χ0n) is 18.8. The van der Waals surface area contributed by atoms with Crippen molar-refractivity contribution in [2.24, 2.45) is 23.7 Å². The van der Waals surface area contributed by atoms with Crippen molar-refractivity contribution in [3.8, 4) is 11.5 Å². The van der Waals surface area contributed by atoms with Crippen LogP contribution in [0.1, 0.15) is 78.1 Å². The van der Waals surface area contributed by atoms with Crippen LogP contribution in [0.15, 0.2) is 12.1 Å². The monoisotopic (exact) mass is 444 g/mol. The van der Waals surface area contributed by atoms with Crippen LogP contribution in [-0.2, 0) is 0 Å². The van der Waals surface area contributed by atoms with E-state index in [4.69, 9.17) is 9.47 Å². The summed E-state index contributed by atoms with van der Waals surface area (Å²) in [5.41, 5.74) is 0. The van der Waals surface area contributed by atoms with Gasteiger partial charge in [-0.1, -0.05) is 6.92 Å². The van der Waals surface area contributed by atoms with Gasteiger partial charge in [0.05, 0.1) is 13.2 Å². The van der Waals surface area contributed by atoms with Crippen molar-refractivity contribution >= 4 is 0 Å². The normalized spacial score (nSPS) is 27.2. The second kappa shape index (κ2) is 10.9. The molecule has 176 valence electrons. The van der Waals surface area contributed by atoms with Crippen molar-refractivity contribution in [2.45, 2.75) is 84.0 Å². The van der Waals surface area contributed by atoms with E-state index in [9.17, 15) is 17.6 Å². The fourth-order valence-corrected chi connectivity index (χ4v) is 5.35. The first-order valence-corrected chi connectivity index (χ1v) is 11.9. The minimum atomic E-state index is -2.55. The van der Waals surface area contributed by atoms with Gasteiger partial charge in [-0.25, -0.2) is 8.78 Å². The molecule has 0 aromatic heterocycles. The van der Waals surface area contributed by atoms with Crippen LogP contribution in [0.5, 0.6) is 11.5 Å². The summed E-state index contributed by atoms with van der Waals surface area (Å²) < 4.78 is 65.7. The highest BCUT2D eigenvalue weighted by Crippen LogP contribution is 2.43. The first-order valence-electron chi connectivity index (χ1n) is 11.9. The molecule has 0 N–H and O–H groups in total. The molecule has 0 amide bonds. The molecule has 2 nitrogen and oxygen atoms in total. The number of ether oxygens (including phenoxy) is 2. The molecule has 0 spiro atoms. The number of halogens is 4. The van der Waals surface area contributed by atoms with E-state index in [1.54, 1.807) is 0 Å². The van der Waals surface area contributed by atoms with Crippen LogP contribution < -0.4 is 9.47 Å². The van der Waals surface area contributed by atoms with E-state index in [1.807, 2.05) is 6.92 Å². The van der Waals surface area contributed by atoms with Gasteiger partial charge in [0, 0.05) is 6.42 Å². The van der Waals surface area contributed by atoms with Crippen molar-refractivity contribution < 1.29 is 27.0 Å². The SMILES string of the molecule is CCCOc1ccc(OCC2CCC(C3CCC(CC(C)(F)F)CC3)CC2)c(F)c1F. The molecule has 0 aliphatic heterocycles. The van der Waals surface area contributed by atoms with Crippen molar-refractivity contribution in [3.63, 3.8) is 0 Å². The Hall–Kier alpha value is -1.46. The van der Waals surface area contributed by atoms with Crippen LogP contribution in [0.25, 0.3) is 0 Å². The van der Waals surface area contributed by atoms with Gasteiger partial charge in [0.15, 0.2) is 11.5 Å². The number of hydrogen-bond acceptors (Lipinski definition) is 2. The van der Waals surface area contributed by atoms with Gasteiger partial charge < -0.3 is 9.47 Å². The molecular weight excluding hydrogens is 408 g/mol. The van der Waals surface area contributed by atoms with Crippen molar-refractivity contribution in [3.05, 3.63) is 23.8 Å². The molecule has 0 atom stereocenters. The quantitative estimate of drug-likeness (QED) is 0.362. The molecule has 1 aromatic carbocycles. The highest BCUT2D eigenvalue weighted by Gasteiger charge is 2.34. The maximum Gasteiger partial charge on any atom is 0.245 e. The van der Waals surface area contributed by atoms with Crippen LogP contribution in [0.3, 0.4) is 0 Å². The van der Waals surface area contributed by atoms with Gasteiger partial charge in [-0.3, -0.25) is 0 Å².